The molecule has 4 unspecified atom stereocenters. The first kappa shape index (κ1) is 44.9. The van der Waals surface area contributed by atoms with Crippen molar-refractivity contribution in [1.29, 1.82) is 0 Å². The maximum Gasteiger partial charge on any atom is 0.363 e. The molecule has 5 aliphatic rings. The van der Waals surface area contributed by atoms with Crippen molar-refractivity contribution in [2.75, 3.05) is 49.7 Å². The fourth-order valence-electron chi connectivity index (χ4n) is 9.64. The van der Waals surface area contributed by atoms with Gasteiger partial charge in [0.25, 0.3) is 24.1 Å². The van der Waals surface area contributed by atoms with E-state index in [1.165, 1.54) is 32.3 Å². The van der Waals surface area contributed by atoms with Crippen molar-refractivity contribution in [3.8, 4) is 5.69 Å². The van der Waals surface area contributed by atoms with Gasteiger partial charge in [-0.1, -0.05) is 6.07 Å². The number of nitrogens with two attached hydrogens (primary N) is 1. The van der Waals surface area contributed by atoms with Gasteiger partial charge in [0, 0.05) is 68.2 Å². The van der Waals surface area contributed by atoms with Gasteiger partial charge in [-0.25, -0.2) is 8.78 Å². The van der Waals surface area contributed by atoms with Crippen LogP contribution >= 0.6 is 0 Å². The third-order valence-corrected chi connectivity index (χ3v) is 13.6. The minimum absolute atomic E-state index is 0.0122. The van der Waals surface area contributed by atoms with Gasteiger partial charge in [0.2, 0.25) is 23.5 Å². The van der Waals surface area contributed by atoms with E-state index in [0.29, 0.717) is 63.3 Å². The number of alkyl halides is 2. The molecule has 4 atom stereocenters. The first-order chi connectivity index (χ1) is 31.8. The van der Waals surface area contributed by atoms with Crippen LogP contribution in [0.4, 0.5) is 20.3 Å². The van der Waals surface area contributed by atoms with Gasteiger partial charge < -0.3 is 30.0 Å². The van der Waals surface area contributed by atoms with E-state index in [0.717, 1.165) is 15.6 Å². The summed E-state index contributed by atoms with van der Waals surface area (Å²) in [7, 11) is 0. The number of aromatic nitrogens is 5. The number of piperidine rings is 1. The molecule has 1 aliphatic carbocycles. The van der Waals surface area contributed by atoms with Gasteiger partial charge in [0.1, 0.15) is 17.9 Å². The van der Waals surface area contributed by atoms with Crippen LogP contribution in [0.5, 0.6) is 0 Å². The molecular weight excluding hydrogens is 889 g/mol. The van der Waals surface area contributed by atoms with Crippen LogP contribution in [0.1, 0.15) is 107 Å². The van der Waals surface area contributed by atoms with Crippen molar-refractivity contribution >= 4 is 63.9 Å². The number of hydrogen-bond donors (Lipinski definition) is 3. The molecule has 4 fully saturated rings. The topological polar surface area (TPSA) is 261 Å². The Morgan fingerprint density at radius 3 is 2.55 bits per heavy atom. The molecule has 4 aromatic rings. The van der Waals surface area contributed by atoms with Crippen molar-refractivity contribution in [2.45, 2.75) is 88.4 Å². The van der Waals surface area contributed by atoms with Crippen LogP contribution in [0.25, 0.3) is 11.3 Å². The molecule has 2 bridgehead atoms. The van der Waals surface area contributed by atoms with Crippen molar-refractivity contribution in [3.63, 3.8) is 0 Å². The number of morpholine rings is 1. The molecular formula is C42H47F2N11O10S. The highest BCUT2D eigenvalue weighted by molar-refractivity contribution is 7.77. The van der Waals surface area contributed by atoms with Gasteiger partial charge >= 0.3 is 5.65 Å². The Balaban J connectivity index is 0.755. The number of primary amides is 1. The maximum absolute atomic E-state index is 14.6. The molecule has 4 aliphatic heterocycles. The first-order valence-corrected chi connectivity index (χ1v) is 22.9. The number of ether oxygens (including phenoxy) is 2. The van der Waals surface area contributed by atoms with E-state index in [-0.39, 0.29) is 85.2 Å². The Morgan fingerprint density at radius 2 is 1.85 bits per heavy atom. The van der Waals surface area contributed by atoms with Gasteiger partial charge in [0.15, 0.2) is 11.3 Å². The zero-order chi connectivity index (χ0) is 46.4. The average Bonchev–Trinajstić information content (AvgIpc) is 4.15. The van der Waals surface area contributed by atoms with E-state index in [9.17, 15) is 46.3 Å². The second kappa shape index (κ2) is 18.6. The molecule has 9 rings (SSSR count). The number of imide groups is 2. The number of rotatable bonds is 17. The Hall–Kier alpha value is -6.24. The van der Waals surface area contributed by atoms with Gasteiger partial charge in [-0.15, -0.1) is 4.52 Å². The Bertz CT molecular complexity index is 2630. The highest BCUT2D eigenvalue weighted by Gasteiger charge is 2.46. The molecule has 3 saturated heterocycles. The molecule has 21 nitrogen and oxygen atoms in total. The third kappa shape index (κ3) is 8.52. The summed E-state index contributed by atoms with van der Waals surface area (Å²) in [5.41, 5.74) is 6.18. The largest absolute Gasteiger partial charge is 0.755 e. The number of carbonyl (C=O) groups is 6. The van der Waals surface area contributed by atoms with E-state index < -0.39 is 70.8 Å². The number of hydrogen-bond acceptors (Lipinski definition) is 14. The summed E-state index contributed by atoms with van der Waals surface area (Å²) in [6, 6.07) is 5.22. The predicted molar refractivity (Wildman–Crippen MR) is 225 cm³/mol. The second-order valence-corrected chi connectivity index (χ2v) is 17.8. The standard InChI is InChI=1S/C42H47F2N11O10S/c43-36(44)35-31(53-20-28(37(45)57)38-47-32(12-15-52(38)53)50-19-26-18-25(50)22-65-26)21-51(49-35)24-8-6-23(7-9-24)40(59)54(66(62)63)14-3-17-64-16-2-13-46-29-5-1-4-27-34(29)42(61)55(41(27)60)30-10-11-33(56)48-39(30)58/h1,4-5,12,15,20-21,23-26,30,36H,2-3,6-11,13-14,16-19,22H2,(H4-,45,46,48,56,57,58,61,62,63). The van der Waals surface area contributed by atoms with Crippen LogP contribution in [-0.2, 0) is 35.1 Å². The Morgan fingerprint density at radius 1 is 1.06 bits per heavy atom. The number of benzene rings is 1. The summed E-state index contributed by atoms with van der Waals surface area (Å²) < 4.78 is 70.0. The lowest BCUT2D eigenvalue weighted by Gasteiger charge is -2.32. The molecule has 350 valence electrons. The molecule has 66 heavy (non-hydrogen) atoms. The van der Waals surface area contributed by atoms with Gasteiger partial charge in [-0.05, 0) is 68.5 Å². The van der Waals surface area contributed by atoms with Crippen molar-refractivity contribution in [3.05, 3.63) is 65.2 Å². The number of nitrogens with zero attached hydrogens (tertiary/aromatic N) is 8. The summed E-state index contributed by atoms with van der Waals surface area (Å²) >= 11 is -2.84. The number of fused-ring (bicyclic) bond motifs is 4. The van der Waals surface area contributed by atoms with Crippen LogP contribution in [0.2, 0.25) is 0 Å². The smallest absolute Gasteiger partial charge is 0.363 e. The van der Waals surface area contributed by atoms with E-state index in [4.69, 9.17) is 20.2 Å². The van der Waals surface area contributed by atoms with E-state index in [2.05, 4.69) is 20.6 Å². The van der Waals surface area contributed by atoms with Crippen LogP contribution < -0.4 is 25.8 Å². The lowest BCUT2D eigenvalue weighted by Crippen LogP contribution is -2.54. The normalized spacial score (nSPS) is 23.2. The molecule has 1 saturated carbocycles. The highest BCUT2D eigenvalue weighted by atomic mass is 32.2. The summed E-state index contributed by atoms with van der Waals surface area (Å²) in [6.45, 7) is 1.87. The van der Waals surface area contributed by atoms with Crippen LogP contribution in [0.3, 0.4) is 0 Å². The molecule has 1 aromatic carbocycles. The number of amides is 6. The minimum atomic E-state index is -2.97. The molecule has 24 heteroatoms. The lowest BCUT2D eigenvalue weighted by molar-refractivity contribution is -0.600. The minimum Gasteiger partial charge on any atom is -0.755 e. The van der Waals surface area contributed by atoms with Gasteiger partial charge in [-0.2, -0.15) is 9.78 Å². The lowest BCUT2D eigenvalue weighted by atomic mass is 9.85. The van der Waals surface area contributed by atoms with Crippen LogP contribution in [-0.4, -0.2) is 130 Å². The second-order valence-electron chi connectivity index (χ2n) is 17.0. The number of nitrogens with one attached hydrogen (secondary N) is 2. The number of halogens is 2. The third-order valence-electron chi connectivity index (χ3n) is 12.9. The maximum atomic E-state index is 14.6. The monoisotopic (exact) mass is 935 g/mol. The number of carbonyl (C=O) groups excluding carboxylic acids is 6. The fourth-order valence-corrected chi connectivity index (χ4v) is 10.2. The van der Waals surface area contributed by atoms with Crippen LogP contribution in [0, 0.1) is 5.92 Å². The molecule has 7 heterocycles. The molecule has 4 N–H and O–H groups in total. The fraction of sp³-hybridized carbons (Fsp3) is 0.500. The zero-order valence-electron chi connectivity index (χ0n) is 35.5. The zero-order valence-corrected chi connectivity index (χ0v) is 36.3. The van der Waals surface area contributed by atoms with Gasteiger partial charge in [0.05, 0.1) is 48.3 Å². The van der Waals surface area contributed by atoms with Crippen molar-refractivity contribution < 1.29 is 60.3 Å². The predicted octanol–water partition coefficient (Wildman–Crippen LogP) is 1.49. The highest BCUT2D eigenvalue weighted by Crippen LogP contribution is 2.37. The Kier molecular flexibility index (Phi) is 12.6. The first-order valence-electron chi connectivity index (χ1n) is 21.9. The van der Waals surface area contributed by atoms with Gasteiger partial charge in [-0.3, -0.25) is 52.2 Å². The summed E-state index contributed by atoms with van der Waals surface area (Å²) in [6.07, 6.45) is 4.55. The van der Waals surface area contributed by atoms with Crippen molar-refractivity contribution in [2.24, 2.45) is 11.7 Å². The molecule has 0 spiro atoms. The summed E-state index contributed by atoms with van der Waals surface area (Å²) in [5.74, 6) is -3.73. The quantitative estimate of drug-likeness (QED) is 0.0587. The van der Waals surface area contributed by atoms with Crippen molar-refractivity contribution in [1.82, 2.24) is 34.0 Å². The van der Waals surface area contributed by atoms with Crippen LogP contribution in [0.15, 0.2) is 42.9 Å². The van der Waals surface area contributed by atoms with E-state index in [1.807, 2.05) is 0 Å². The molecule has 3 aromatic heterocycles. The van der Waals surface area contributed by atoms with E-state index in [1.54, 1.807) is 24.4 Å². The molecule has 0 radical (unpaired) electrons. The average molecular weight is 936 g/mol. The summed E-state index contributed by atoms with van der Waals surface area (Å²) in [4.78, 5) is 84.2. The SMILES string of the molecule is NC(=O)c1cn(-c2cn(C3CCC(C(=O)N(CCCOCCCNc4cccc5c4C(=O)N(C4CCC(=O)NC4=O)C5=O)S(=O)[O-])CC3)nc2C(F)F)[n+]2ccc(N3CC4CC3CO4)nc12. The Labute approximate surface area is 377 Å². The van der Waals surface area contributed by atoms with E-state index >= 15 is 0 Å². The molecule has 6 amide bonds. The number of anilines is 2. The summed E-state index contributed by atoms with van der Waals surface area (Å²) in [5, 5.41) is 9.57.